The largest absolute Gasteiger partial charge is 0.507 e. The van der Waals surface area contributed by atoms with Crippen molar-refractivity contribution in [2.75, 3.05) is 23.8 Å². The van der Waals surface area contributed by atoms with Crippen LogP contribution in [-0.4, -0.2) is 63.9 Å². The third kappa shape index (κ3) is 8.75. The Labute approximate surface area is 393 Å². The van der Waals surface area contributed by atoms with E-state index in [2.05, 4.69) is 74.4 Å². The van der Waals surface area contributed by atoms with Crippen LogP contribution >= 0.6 is 63.7 Å². The molecular weight excluding hydrogens is 1070 g/mol. The molecule has 0 heterocycles. The van der Waals surface area contributed by atoms with Crippen molar-refractivity contribution in [2.24, 2.45) is 0 Å². The van der Waals surface area contributed by atoms with Crippen LogP contribution in [0.3, 0.4) is 0 Å². The van der Waals surface area contributed by atoms with Gasteiger partial charge in [0.25, 0.3) is 0 Å². The van der Waals surface area contributed by atoms with Gasteiger partial charge in [0.05, 0.1) is 64.6 Å². The Morgan fingerprint density at radius 1 is 0.540 bits per heavy atom. The van der Waals surface area contributed by atoms with E-state index in [9.17, 15) is 39.3 Å². The van der Waals surface area contributed by atoms with Crippen molar-refractivity contribution in [1.82, 2.24) is 0 Å². The standard InChI is InChI=1S/C47H32Br4N2O10/c48-28-17-22(18-29(49)42(28)52-32-9-11-34(54)40-38(32)44(58)24-5-1-3-7-26(24)46(40)60)13-15-62-36(56)21-37(57)63-16-14-23-19-30(50)43(31(51)20-23)53-33-10-12-35(55)41-39(33)45(59)25-6-2-4-8-27(25)47(41)61/h1-12,17-20,36,52-56H,13-16,21H2. The maximum absolute atomic E-state index is 13.5. The number of esters is 1. The highest BCUT2D eigenvalue weighted by molar-refractivity contribution is 9.11. The molecule has 0 saturated heterocycles. The second-order valence-electron chi connectivity index (χ2n) is 14.5. The first-order chi connectivity index (χ1) is 30.2. The Hall–Kier alpha value is -5.49. The van der Waals surface area contributed by atoms with E-state index in [4.69, 9.17) is 9.47 Å². The van der Waals surface area contributed by atoms with Crippen LogP contribution in [0.2, 0.25) is 0 Å². The molecule has 0 fully saturated rings. The number of aliphatic hydroxyl groups is 1. The van der Waals surface area contributed by atoms with Crippen LogP contribution in [0, 0.1) is 0 Å². The second kappa shape index (κ2) is 18.3. The first-order valence-corrected chi connectivity index (χ1v) is 22.4. The van der Waals surface area contributed by atoms with Crippen molar-refractivity contribution in [3.63, 3.8) is 0 Å². The van der Waals surface area contributed by atoms with Crippen LogP contribution < -0.4 is 10.6 Å². The summed E-state index contributed by atoms with van der Waals surface area (Å²) >= 11 is 14.3. The number of ether oxygens (including phenoxy) is 2. The SMILES string of the molecule is O=C(CC(O)OCCc1cc(Br)c(Nc2ccc(O)c3c2C(=O)c2ccccc2C3=O)c(Br)c1)OCCc1cc(Br)c(Nc2ccc(O)c3c2C(=O)c2ccccc2C3=O)c(Br)c1. The Bertz CT molecular complexity index is 2890. The van der Waals surface area contributed by atoms with Gasteiger partial charge in [0.1, 0.15) is 11.5 Å². The summed E-state index contributed by atoms with van der Waals surface area (Å²) in [5, 5.41) is 38.0. The molecule has 0 amide bonds. The highest BCUT2D eigenvalue weighted by Gasteiger charge is 2.36. The topological polar surface area (TPSA) is 189 Å². The summed E-state index contributed by atoms with van der Waals surface area (Å²) in [6.45, 7) is 0.0978. The lowest BCUT2D eigenvalue weighted by molar-refractivity contribution is -0.158. The lowest BCUT2D eigenvalue weighted by Gasteiger charge is -2.22. The first-order valence-electron chi connectivity index (χ1n) is 19.3. The Balaban J connectivity index is 0.828. The van der Waals surface area contributed by atoms with E-state index >= 15 is 0 Å². The number of carbonyl (C=O) groups is 5. The second-order valence-corrected chi connectivity index (χ2v) is 18.0. The number of aromatic hydroxyl groups is 2. The monoisotopic (exact) mass is 1100 g/mol. The first kappa shape index (κ1) is 44.1. The lowest BCUT2D eigenvalue weighted by Crippen LogP contribution is -2.22. The molecule has 1 atom stereocenters. The number of halogens is 4. The predicted octanol–water partition coefficient (Wildman–Crippen LogP) is 10.2. The van der Waals surface area contributed by atoms with E-state index in [0.717, 1.165) is 11.1 Å². The van der Waals surface area contributed by atoms with Gasteiger partial charge in [-0.25, -0.2) is 0 Å². The molecule has 63 heavy (non-hydrogen) atoms. The molecule has 0 bridgehead atoms. The van der Waals surface area contributed by atoms with Gasteiger partial charge in [-0.3, -0.25) is 24.0 Å². The lowest BCUT2D eigenvalue weighted by atomic mass is 9.82. The average Bonchev–Trinajstić information content (AvgIpc) is 3.25. The Morgan fingerprint density at radius 3 is 1.30 bits per heavy atom. The summed E-state index contributed by atoms with van der Waals surface area (Å²) in [7, 11) is 0. The Kier molecular flexibility index (Phi) is 12.8. The number of nitrogens with one attached hydrogen (secondary N) is 2. The zero-order valence-electron chi connectivity index (χ0n) is 32.6. The summed E-state index contributed by atoms with van der Waals surface area (Å²) in [5.74, 6) is -2.89. The van der Waals surface area contributed by atoms with Crippen molar-refractivity contribution >= 4 is 116 Å². The number of phenolic OH excluding ortho intramolecular Hbond substituents is 2. The van der Waals surface area contributed by atoms with E-state index in [1.165, 1.54) is 24.3 Å². The minimum Gasteiger partial charge on any atom is -0.507 e. The fraction of sp³-hybridized carbons (Fsp3) is 0.128. The minimum absolute atomic E-state index is 0.0197. The number of hydrogen-bond acceptors (Lipinski definition) is 12. The maximum Gasteiger partial charge on any atom is 0.310 e. The number of benzene rings is 6. The van der Waals surface area contributed by atoms with Gasteiger partial charge in [0.2, 0.25) is 0 Å². The van der Waals surface area contributed by atoms with Crippen LogP contribution in [0.1, 0.15) is 81.2 Å². The number of phenols is 2. The molecule has 0 aromatic heterocycles. The molecular formula is C47H32Br4N2O10. The molecule has 2 aliphatic carbocycles. The summed E-state index contributed by atoms with van der Waals surface area (Å²) in [5.41, 5.74) is 4.41. The zero-order chi connectivity index (χ0) is 44.7. The molecule has 318 valence electrons. The van der Waals surface area contributed by atoms with Crippen LogP contribution in [-0.2, 0) is 27.1 Å². The molecule has 2 aliphatic rings. The van der Waals surface area contributed by atoms with Crippen molar-refractivity contribution in [3.05, 3.63) is 171 Å². The number of anilines is 4. The molecule has 16 heteroatoms. The van der Waals surface area contributed by atoms with Crippen LogP contribution in [0.15, 0.2) is 115 Å². The van der Waals surface area contributed by atoms with Gasteiger partial charge < -0.3 is 35.4 Å². The molecule has 6 aromatic carbocycles. The van der Waals surface area contributed by atoms with Gasteiger partial charge in [-0.1, -0.05) is 48.5 Å². The van der Waals surface area contributed by atoms with Gasteiger partial charge in [-0.15, -0.1) is 0 Å². The molecule has 0 radical (unpaired) electrons. The quantitative estimate of drug-likeness (QED) is 0.0418. The fourth-order valence-corrected chi connectivity index (χ4v) is 10.5. The van der Waals surface area contributed by atoms with Crippen molar-refractivity contribution in [2.45, 2.75) is 25.6 Å². The molecule has 6 aromatic rings. The van der Waals surface area contributed by atoms with Crippen molar-refractivity contribution < 1.29 is 48.8 Å². The van der Waals surface area contributed by atoms with Crippen LogP contribution in [0.5, 0.6) is 11.5 Å². The molecule has 0 aliphatic heterocycles. The third-order valence-electron chi connectivity index (χ3n) is 10.5. The highest BCUT2D eigenvalue weighted by Crippen LogP contribution is 2.43. The summed E-state index contributed by atoms with van der Waals surface area (Å²) in [4.78, 5) is 66.2. The van der Waals surface area contributed by atoms with Crippen molar-refractivity contribution in [3.8, 4) is 11.5 Å². The number of hydrogen-bond donors (Lipinski definition) is 5. The normalized spacial score (nSPS) is 13.2. The van der Waals surface area contributed by atoms with Gasteiger partial charge in [0, 0.05) is 46.6 Å². The maximum atomic E-state index is 13.5. The van der Waals surface area contributed by atoms with Gasteiger partial charge in [0.15, 0.2) is 29.4 Å². The molecule has 0 spiro atoms. The molecule has 0 saturated carbocycles. The number of carbonyl (C=O) groups excluding carboxylic acids is 5. The van der Waals surface area contributed by atoms with E-state index in [0.29, 0.717) is 53.5 Å². The molecule has 1 unspecified atom stereocenters. The Morgan fingerprint density at radius 2 is 0.905 bits per heavy atom. The van der Waals surface area contributed by atoms with E-state index in [1.54, 1.807) is 48.5 Å². The minimum atomic E-state index is -1.41. The molecule has 5 N–H and O–H groups in total. The van der Waals surface area contributed by atoms with E-state index < -0.39 is 30.2 Å². The number of fused-ring (bicyclic) bond motifs is 4. The van der Waals surface area contributed by atoms with Crippen molar-refractivity contribution in [1.29, 1.82) is 0 Å². The van der Waals surface area contributed by atoms with E-state index in [-0.39, 0.29) is 80.8 Å². The average molecular weight is 1100 g/mol. The smallest absolute Gasteiger partial charge is 0.310 e. The summed E-state index contributed by atoms with van der Waals surface area (Å²) in [6.07, 6.45) is -1.09. The van der Waals surface area contributed by atoms with Gasteiger partial charge in [-0.2, -0.15) is 0 Å². The van der Waals surface area contributed by atoms with Crippen LogP contribution in [0.25, 0.3) is 0 Å². The predicted molar refractivity (Wildman–Crippen MR) is 248 cm³/mol. The van der Waals surface area contributed by atoms with Gasteiger partial charge >= 0.3 is 5.97 Å². The summed E-state index contributed by atoms with van der Waals surface area (Å²) in [6, 6.07) is 26.1. The molecule has 12 nitrogen and oxygen atoms in total. The third-order valence-corrected chi connectivity index (χ3v) is 13.0. The number of rotatable bonds is 13. The fourth-order valence-electron chi connectivity index (χ4n) is 7.52. The number of ketones is 4. The van der Waals surface area contributed by atoms with Gasteiger partial charge in [-0.05, 0) is 130 Å². The number of aliphatic hydroxyl groups excluding tert-OH is 1. The summed E-state index contributed by atoms with van der Waals surface area (Å²) < 4.78 is 13.4. The highest BCUT2D eigenvalue weighted by atomic mass is 79.9. The van der Waals surface area contributed by atoms with Crippen LogP contribution in [0.4, 0.5) is 22.7 Å². The molecule has 8 rings (SSSR count). The van der Waals surface area contributed by atoms with E-state index in [1.807, 2.05) is 24.3 Å². The zero-order valence-corrected chi connectivity index (χ0v) is 38.9.